The minimum atomic E-state index is -3.67. The second-order valence-electron chi connectivity index (χ2n) is 4.21. The first-order valence-corrected chi connectivity index (χ1v) is 7.34. The highest BCUT2D eigenvalue weighted by atomic mass is 32.2. The predicted molar refractivity (Wildman–Crippen MR) is 73.2 cm³/mol. The fraction of sp³-hybridized carbons (Fsp3) is 0.545. The van der Waals surface area contributed by atoms with Gasteiger partial charge in [0.15, 0.2) is 5.03 Å². The van der Waals surface area contributed by atoms with Crippen LogP contribution in [-0.4, -0.2) is 58.7 Å². The molecular weight excluding hydrogens is 268 g/mol. The normalized spacial score (nSPS) is 11.9. The Labute approximate surface area is 113 Å². The lowest BCUT2D eigenvalue weighted by molar-refractivity contribution is 0.122. The van der Waals surface area contributed by atoms with E-state index in [0.29, 0.717) is 13.2 Å². The SMILES string of the molecule is CN(C)CCOCCNS(=O)(=O)c1ncccc1N. The molecule has 0 atom stereocenters. The molecule has 0 saturated heterocycles. The van der Waals surface area contributed by atoms with Crippen molar-refractivity contribution in [3.8, 4) is 0 Å². The molecular formula is C11H20N4O3S. The lowest BCUT2D eigenvalue weighted by atomic mass is 10.4. The van der Waals surface area contributed by atoms with Crippen LogP contribution >= 0.6 is 0 Å². The smallest absolute Gasteiger partial charge is 0.260 e. The Kier molecular flexibility index (Phi) is 6.16. The van der Waals surface area contributed by atoms with Gasteiger partial charge >= 0.3 is 0 Å². The minimum absolute atomic E-state index is 0.128. The van der Waals surface area contributed by atoms with Gasteiger partial charge < -0.3 is 15.4 Å². The number of nitrogens with one attached hydrogen (secondary N) is 1. The van der Waals surface area contributed by atoms with Crippen molar-refractivity contribution in [2.24, 2.45) is 0 Å². The summed E-state index contributed by atoms with van der Waals surface area (Å²) in [6.45, 7) is 1.84. The van der Waals surface area contributed by atoms with Crippen LogP contribution in [0.2, 0.25) is 0 Å². The highest BCUT2D eigenvalue weighted by Gasteiger charge is 2.17. The summed E-state index contributed by atoms with van der Waals surface area (Å²) >= 11 is 0. The summed E-state index contributed by atoms with van der Waals surface area (Å²) in [6, 6.07) is 3.08. The molecule has 3 N–H and O–H groups in total. The quantitative estimate of drug-likeness (QED) is 0.627. The van der Waals surface area contributed by atoms with Crippen molar-refractivity contribution in [2.45, 2.75) is 5.03 Å². The molecule has 0 spiro atoms. The summed E-state index contributed by atoms with van der Waals surface area (Å²) in [6.07, 6.45) is 1.39. The molecule has 0 aliphatic heterocycles. The Morgan fingerprint density at radius 1 is 1.42 bits per heavy atom. The topological polar surface area (TPSA) is 97.5 Å². The van der Waals surface area contributed by atoms with Gasteiger partial charge in [0.2, 0.25) is 0 Å². The van der Waals surface area contributed by atoms with Gasteiger partial charge in [-0.25, -0.2) is 18.1 Å². The molecule has 1 heterocycles. The number of ether oxygens (including phenoxy) is 1. The molecule has 1 rings (SSSR count). The zero-order chi connectivity index (χ0) is 14.3. The number of pyridine rings is 1. The second kappa shape index (κ2) is 7.39. The maximum Gasteiger partial charge on any atom is 0.260 e. The first-order chi connectivity index (χ1) is 8.93. The Morgan fingerprint density at radius 3 is 2.79 bits per heavy atom. The van der Waals surface area contributed by atoms with Crippen molar-refractivity contribution in [3.63, 3.8) is 0 Å². The molecule has 0 bridgehead atoms. The predicted octanol–water partition coefficient (Wildman–Crippen LogP) is -0.480. The summed E-state index contributed by atoms with van der Waals surface area (Å²) in [5.74, 6) is 0. The van der Waals surface area contributed by atoms with E-state index in [9.17, 15) is 8.42 Å². The molecule has 0 fully saturated rings. The lowest BCUT2D eigenvalue weighted by Crippen LogP contribution is -2.29. The number of nitrogens with zero attached hydrogens (tertiary/aromatic N) is 2. The van der Waals surface area contributed by atoms with E-state index in [2.05, 4.69) is 9.71 Å². The van der Waals surface area contributed by atoms with Crippen LogP contribution in [0.1, 0.15) is 0 Å². The highest BCUT2D eigenvalue weighted by Crippen LogP contribution is 2.12. The van der Waals surface area contributed by atoms with Gasteiger partial charge in [-0.05, 0) is 26.2 Å². The number of likely N-dealkylation sites (N-methyl/N-ethyl adjacent to an activating group) is 1. The van der Waals surface area contributed by atoms with Crippen molar-refractivity contribution in [2.75, 3.05) is 46.1 Å². The monoisotopic (exact) mass is 288 g/mol. The Morgan fingerprint density at radius 2 is 2.16 bits per heavy atom. The highest BCUT2D eigenvalue weighted by molar-refractivity contribution is 7.89. The molecule has 0 aliphatic carbocycles. The van der Waals surface area contributed by atoms with Crippen LogP contribution in [0.5, 0.6) is 0 Å². The van der Waals surface area contributed by atoms with Crippen LogP contribution in [0, 0.1) is 0 Å². The van der Waals surface area contributed by atoms with Gasteiger partial charge in [-0.15, -0.1) is 0 Å². The van der Waals surface area contributed by atoms with Gasteiger partial charge in [0, 0.05) is 19.3 Å². The van der Waals surface area contributed by atoms with Crippen LogP contribution in [-0.2, 0) is 14.8 Å². The fourth-order valence-electron chi connectivity index (χ4n) is 1.29. The Balaban J connectivity index is 2.38. The molecule has 0 aromatic carbocycles. The van der Waals surface area contributed by atoms with Crippen LogP contribution in [0.25, 0.3) is 0 Å². The van der Waals surface area contributed by atoms with Gasteiger partial charge in [0.25, 0.3) is 10.0 Å². The van der Waals surface area contributed by atoms with E-state index in [1.807, 2.05) is 19.0 Å². The minimum Gasteiger partial charge on any atom is -0.396 e. The van der Waals surface area contributed by atoms with Gasteiger partial charge in [0.1, 0.15) is 0 Å². The molecule has 0 amide bonds. The number of sulfonamides is 1. The van der Waals surface area contributed by atoms with E-state index in [1.165, 1.54) is 12.3 Å². The van der Waals surface area contributed by atoms with Crippen LogP contribution < -0.4 is 10.5 Å². The van der Waals surface area contributed by atoms with E-state index in [0.717, 1.165) is 6.54 Å². The van der Waals surface area contributed by atoms with Gasteiger partial charge in [-0.1, -0.05) is 0 Å². The van der Waals surface area contributed by atoms with E-state index in [-0.39, 0.29) is 17.3 Å². The average molecular weight is 288 g/mol. The zero-order valence-electron chi connectivity index (χ0n) is 11.2. The van der Waals surface area contributed by atoms with Crippen LogP contribution in [0.4, 0.5) is 5.69 Å². The summed E-state index contributed by atoms with van der Waals surface area (Å²) in [5.41, 5.74) is 5.70. The second-order valence-corrected chi connectivity index (χ2v) is 5.89. The van der Waals surface area contributed by atoms with Gasteiger partial charge in [-0.2, -0.15) is 0 Å². The van der Waals surface area contributed by atoms with Crippen molar-refractivity contribution in [3.05, 3.63) is 18.3 Å². The number of hydrogen-bond donors (Lipinski definition) is 2. The Hall–Kier alpha value is -1.22. The largest absolute Gasteiger partial charge is 0.396 e. The summed E-state index contributed by atoms with van der Waals surface area (Å²) < 4.78 is 31.4. The number of nitrogens with two attached hydrogens (primary N) is 1. The molecule has 108 valence electrons. The van der Waals surface area contributed by atoms with Gasteiger partial charge in [0.05, 0.1) is 18.9 Å². The first kappa shape index (κ1) is 15.8. The number of nitrogen functional groups attached to an aromatic ring is 1. The number of hydrogen-bond acceptors (Lipinski definition) is 6. The summed E-state index contributed by atoms with van der Waals surface area (Å²) in [7, 11) is 0.210. The number of rotatable bonds is 8. The van der Waals surface area contributed by atoms with Crippen LogP contribution in [0.3, 0.4) is 0 Å². The molecule has 1 aromatic rings. The molecule has 8 heteroatoms. The average Bonchev–Trinajstić information content (AvgIpc) is 2.33. The van der Waals surface area contributed by atoms with E-state index >= 15 is 0 Å². The molecule has 0 saturated carbocycles. The van der Waals surface area contributed by atoms with E-state index in [1.54, 1.807) is 6.07 Å². The molecule has 0 unspecified atom stereocenters. The number of anilines is 1. The molecule has 7 nitrogen and oxygen atoms in total. The molecule has 0 aliphatic rings. The van der Waals surface area contributed by atoms with E-state index in [4.69, 9.17) is 10.5 Å². The third kappa shape index (κ3) is 5.52. The third-order valence-electron chi connectivity index (χ3n) is 2.28. The fourth-order valence-corrected chi connectivity index (χ4v) is 2.36. The summed E-state index contributed by atoms with van der Waals surface area (Å²) in [5, 5.41) is -0.150. The third-order valence-corrected chi connectivity index (χ3v) is 3.71. The van der Waals surface area contributed by atoms with Crippen molar-refractivity contribution in [1.82, 2.24) is 14.6 Å². The summed E-state index contributed by atoms with van der Waals surface area (Å²) in [4.78, 5) is 5.75. The maximum absolute atomic E-state index is 11.9. The Bertz CT molecular complexity index is 490. The molecule has 19 heavy (non-hydrogen) atoms. The lowest BCUT2D eigenvalue weighted by Gasteiger charge is -2.10. The van der Waals surface area contributed by atoms with Gasteiger partial charge in [-0.3, -0.25) is 0 Å². The molecule has 0 radical (unpaired) electrons. The first-order valence-electron chi connectivity index (χ1n) is 5.86. The van der Waals surface area contributed by atoms with Crippen LogP contribution in [0.15, 0.2) is 23.4 Å². The standard InChI is InChI=1S/C11H20N4O3S/c1-15(2)7-9-18-8-6-14-19(16,17)11-10(12)4-3-5-13-11/h3-5,14H,6-9,12H2,1-2H3. The maximum atomic E-state index is 11.9. The zero-order valence-corrected chi connectivity index (χ0v) is 12.0. The van der Waals surface area contributed by atoms with Crippen molar-refractivity contribution < 1.29 is 13.2 Å². The van der Waals surface area contributed by atoms with Crippen molar-refractivity contribution in [1.29, 1.82) is 0 Å². The van der Waals surface area contributed by atoms with Crippen molar-refractivity contribution >= 4 is 15.7 Å². The number of aromatic nitrogens is 1. The van der Waals surface area contributed by atoms with E-state index < -0.39 is 10.0 Å². The molecule has 1 aromatic heterocycles.